The van der Waals surface area contributed by atoms with Gasteiger partial charge in [0.25, 0.3) is 5.91 Å². The number of benzene rings is 1. The highest BCUT2D eigenvalue weighted by atomic mass is 19.1. The van der Waals surface area contributed by atoms with Crippen molar-refractivity contribution in [2.75, 3.05) is 25.0 Å². The van der Waals surface area contributed by atoms with Crippen molar-refractivity contribution in [3.8, 4) is 5.75 Å². The van der Waals surface area contributed by atoms with Crippen LogP contribution < -0.4 is 10.2 Å². The molecule has 176 valence electrons. The number of hydrogen-bond acceptors (Lipinski definition) is 6. The number of aromatic hydroxyl groups is 1. The van der Waals surface area contributed by atoms with Gasteiger partial charge in [0.2, 0.25) is 0 Å². The second kappa shape index (κ2) is 9.82. The Labute approximate surface area is 195 Å². The lowest BCUT2D eigenvalue weighted by Gasteiger charge is -2.28. The van der Waals surface area contributed by atoms with E-state index in [-0.39, 0.29) is 23.6 Å². The van der Waals surface area contributed by atoms with E-state index in [0.29, 0.717) is 24.0 Å². The number of nitrogens with one attached hydrogen (secondary N) is 1. The van der Waals surface area contributed by atoms with Crippen molar-refractivity contribution < 1.29 is 23.9 Å². The van der Waals surface area contributed by atoms with Crippen LogP contribution in [0.25, 0.3) is 10.9 Å². The number of pyridine rings is 2. The summed E-state index contributed by atoms with van der Waals surface area (Å²) in [6.45, 7) is 1.10. The van der Waals surface area contributed by atoms with Crippen LogP contribution in [0.5, 0.6) is 5.75 Å². The number of amides is 3. The summed E-state index contributed by atoms with van der Waals surface area (Å²) in [5.41, 5.74) is 0.380. The summed E-state index contributed by atoms with van der Waals surface area (Å²) in [6.07, 6.45) is 4.13. The van der Waals surface area contributed by atoms with Gasteiger partial charge in [-0.25, -0.2) is 9.37 Å². The first kappa shape index (κ1) is 23.1. The van der Waals surface area contributed by atoms with E-state index in [1.807, 2.05) is 0 Å². The second-order valence-corrected chi connectivity index (χ2v) is 8.06. The Morgan fingerprint density at radius 3 is 2.53 bits per heavy atom. The van der Waals surface area contributed by atoms with Gasteiger partial charge >= 0.3 is 11.8 Å². The predicted molar refractivity (Wildman–Crippen MR) is 123 cm³/mol. The molecule has 0 atom stereocenters. The number of anilines is 1. The standard InChI is InChI=1S/C24H24FN5O4/c1-29(23(33)24(34)30-12-3-2-4-13-30)21-17-6-5-11-26-18(17)20(31)19(28-21)22(32)27-14-15-7-9-16(25)10-8-15/h5-11,31H,2-4,12-14H2,1H3,(H,27,32). The molecule has 3 amide bonds. The molecule has 9 nitrogen and oxygen atoms in total. The van der Waals surface area contributed by atoms with E-state index in [2.05, 4.69) is 15.3 Å². The van der Waals surface area contributed by atoms with Gasteiger partial charge in [-0.2, -0.15) is 0 Å². The number of carbonyl (C=O) groups excluding carboxylic acids is 3. The molecule has 3 heterocycles. The number of aromatic nitrogens is 2. The van der Waals surface area contributed by atoms with Crippen LogP contribution in [0.1, 0.15) is 35.3 Å². The molecule has 2 aromatic heterocycles. The molecule has 0 radical (unpaired) electrons. The summed E-state index contributed by atoms with van der Waals surface area (Å²) in [4.78, 5) is 49.6. The highest BCUT2D eigenvalue weighted by Crippen LogP contribution is 2.32. The lowest BCUT2D eigenvalue weighted by molar-refractivity contribution is -0.144. The molecular weight excluding hydrogens is 441 g/mol. The maximum absolute atomic E-state index is 13.1. The molecule has 1 aromatic carbocycles. The molecular formula is C24H24FN5O4. The third-order valence-electron chi connectivity index (χ3n) is 5.74. The van der Waals surface area contributed by atoms with Gasteiger partial charge in [-0.15, -0.1) is 0 Å². The molecule has 0 unspecified atom stereocenters. The minimum Gasteiger partial charge on any atom is -0.504 e. The van der Waals surface area contributed by atoms with Gasteiger partial charge in [0.05, 0.1) is 0 Å². The third-order valence-corrected chi connectivity index (χ3v) is 5.74. The number of likely N-dealkylation sites (N-methyl/N-ethyl adjacent to an activating group) is 1. The number of carbonyl (C=O) groups is 3. The zero-order chi connectivity index (χ0) is 24.2. The van der Waals surface area contributed by atoms with E-state index in [1.165, 1.54) is 42.4 Å². The van der Waals surface area contributed by atoms with Crippen molar-refractivity contribution in [2.24, 2.45) is 0 Å². The molecule has 4 rings (SSSR count). The van der Waals surface area contributed by atoms with Crippen molar-refractivity contribution in [3.05, 3.63) is 59.7 Å². The Balaban J connectivity index is 1.64. The van der Waals surface area contributed by atoms with Gasteiger partial charge in [0, 0.05) is 38.3 Å². The van der Waals surface area contributed by atoms with Crippen LogP contribution in [0.3, 0.4) is 0 Å². The molecule has 2 N–H and O–H groups in total. The van der Waals surface area contributed by atoms with Crippen LogP contribution in [0.2, 0.25) is 0 Å². The summed E-state index contributed by atoms with van der Waals surface area (Å²) in [6, 6.07) is 8.79. The molecule has 0 bridgehead atoms. The lowest BCUT2D eigenvalue weighted by atomic mass is 10.1. The van der Waals surface area contributed by atoms with Crippen LogP contribution in [0.15, 0.2) is 42.6 Å². The third kappa shape index (κ3) is 4.66. The largest absolute Gasteiger partial charge is 0.504 e. The van der Waals surface area contributed by atoms with Crippen LogP contribution >= 0.6 is 0 Å². The molecule has 0 spiro atoms. The Hall–Kier alpha value is -4.08. The van der Waals surface area contributed by atoms with E-state index in [9.17, 15) is 23.9 Å². The van der Waals surface area contributed by atoms with Gasteiger partial charge in [0.1, 0.15) is 17.2 Å². The van der Waals surface area contributed by atoms with E-state index in [1.54, 1.807) is 12.1 Å². The highest BCUT2D eigenvalue weighted by molar-refractivity contribution is 6.40. The fourth-order valence-corrected chi connectivity index (χ4v) is 3.86. The summed E-state index contributed by atoms with van der Waals surface area (Å²) < 4.78 is 13.1. The monoisotopic (exact) mass is 465 g/mol. The van der Waals surface area contributed by atoms with Gasteiger partial charge < -0.3 is 15.3 Å². The fraction of sp³-hybridized carbons (Fsp3) is 0.292. The summed E-state index contributed by atoms with van der Waals surface area (Å²) in [5, 5.41) is 13.6. The Morgan fingerprint density at radius 1 is 1.12 bits per heavy atom. The van der Waals surface area contributed by atoms with Gasteiger partial charge in [0.15, 0.2) is 11.4 Å². The molecule has 1 saturated heterocycles. The average Bonchev–Trinajstić information content (AvgIpc) is 2.88. The zero-order valence-electron chi connectivity index (χ0n) is 18.6. The zero-order valence-corrected chi connectivity index (χ0v) is 18.6. The Morgan fingerprint density at radius 2 is 1.82 bits per heavy atom. The average molecular weight is 465 g/mol. The number of rotatable bonds is 4. The maximum atomic E-state index is 13.1. The predicted octanol–water partition coefficient (Wildman–Crippen LogP) is 2.38. The first-order valence-electron chi connectivity index (χ1n) is 10.9. The molecule has 1 aliphatic rings. The summed E-state index contributed by atoms with van der Waals surface area (Å²) in [7, 11) is 1.40. The normalized spacial score (nSPS) is 13.5. The SMILES string of the molecule is CN(C(=O)C(=O)N1CCCCC1)c1nc(C(=O)NCc2ccc(F)cc2)c(O)c2ncccc12. The highest BCUT2D eigenvalue weighted by Gasteiger charge is 2.30. The Bertz CT molecular complexity index is 1240. The maximum Gasteiger partial charge on any atom is 0.317 e. The molecule has 1 aliphatic heterocycles. The smallest absolute Gasteiger partial charge is 0.317 e. The molecule has 34 heavy (non-hydrogen) atoms. The fourth-order valence-electron chi connectivity index (χ4n) is 3.86. The number of halogens is 1. The van der Waals surface area contributed by atoms with Crippen LogP contribution in [-0.4, -0.2) is 57.8 Å². The van der Waals surface area contributed by atoms with Gasteiger partial charge in [-0.05, 0) is 49.1 Å². The topological polar surface area (TPSA) is 116 Å². The van der Waals surface area contributed by atoms with Crippen molar-refractivity contribution in [3.63, 3.8) is 0 Å². The van der Waals surface area contributed by atoms with Crippen molar-refractivity contribution in [1.82, 2.24) is 20.2 Å². The molecule has 1 fully saturated rings. The van der Waals surface area contributed by atoms with Crippen LogP contribution in [0.4, 0.5) is 10.2 Å². The van der Waals surface area contributed by atoms with Gasteiger partial charge in [-0.3, -0.25) is 24.3 Å². The first-order chi connectivity index (χ1) is 16.4. The Kier molecular flexibility index (Phi) is 6.67. The summed E-state index contributed by atoms with van der Waals surface area (Å²) >= 11 is 0. The number of hydrogen-bond donors (Lipinski definition) is 2. The van der Waals surface area contributed by atoms with E-state index in [4.69, 9.17) is 0 Å². The summed E-state index contributed by atoms with van der Waals surface area (Å²) in [5.74, 6) is -2.95. The number of likely N-dealkylation sites (tertiary alicyclic amines) is 1. The molecule has 10 heteroatoms. The van der Waals surface area contributed by atoms with E-state index < -0.39 is 29.3 Å². The van der Waals surface area contributed by atoms with E-state index >= 15 is 0 Å². The van der Waals surface area contributed by atoms with Crippen molar-refractivity contribution in [1.29, 1.82) is 0 Å². The van der Waals surface area contributed by atoms with Gasteiger partial charge in [-0.1, -0.05) is 12.1 Å². The van der Waals surface area contributed by atoms with Crippen molar-refractivity contribution in [2.45, 2.75) is 25.8 Å². The molecule has 0 aliphatic carbocycles. The molecule has 0 saturated carbocycles. The number of piperidine rings is 1. The van der Waals surface area contributed by atoms with E-state index in [0.717, 1.165) is 24.2 Å². The van der Waals surface area contributed by atoms with Crippen LogP contribution in [0, 0.1) is 5.82 Å². The first-order valence-corrected chi connectivity index (χ1v) is 10.9. The van der Waals surface area contributed by atoms with Crippen molar-refractivity contribution >= 4 is 34.4 Å². The number of nitrogens with zero attached hydrogens (tertiary/aromatic N) is 4. The minimum absolute atomic E-state index is 0.0307. The second-order valence-electron chi connectivity index (χ2n) is 8.06. The quantitative estimate of drug-likeness (QED) is 0.572. The molecule has 3 aromatic rings. The lowest BCUT2D eigenvalue weighted by Crippen LogP contribution is -2.46. The number of fused-ring (bicyclic) bond motifs is 1. The van der Waals surface area contributed by atoms with Crippen LogP contribution in [-0.2, 0) is 16.1 Å². The minimum atomic E-state index is -0.789.